The van der Waals surface area contributed by atoms with Crippen molar-refractivity contribution in [1.82, 2.24) is 4.90 Å². The van der Waals surface area contributed by atoms with Crippen LogP contribution in [-0.4, -0.2) is 40.8 Å². The highest BCUT2D eigenvalue weighted by atomic mass is 32.3. The lowest BCUT2D eigenvalue weighted by atomic mass is 10.1. The smallest absolute Gasteiger partial charge is 0.297 e. The summed E-state index contributed by atoms with van der Waals surface area (Å²) in [7, 11) is -4.67. The molecule has 1 heterocycles. The fourth-order valence-electron chi connectivity index (χ4n) is 1.62. The predicted octanol–water partition coefficient (Wildman–Crippen LogP) is 1.46. The van der Waals surface area contributed by atoms with E-state index >= 15 is 0 Å². The Morgan fingerprint density at radius 2 is 1.72 bits per heavy atom. The van der Waals surface area contributed by atoms with E-state index in [1.54, 1.807) is 0 Å². The van der Waals surface area contributed by atoms with Crippen LogP contribution in [0.1, 0.15) is 11.1 Å². The monoisotopic (exact) mass is 291 g/mol. The lowest BCUT2D eigenvalue weighted by Gasteiger charge is -2.36. The van der Waals surface area contributed by atoms with Gasteiger partial charge >= 0.3 is 10.4 Å². The Morgan fingerprint density at radius 1 is 1.28 bits per heavy atom. The number of nitrogens with zero attached hydrogens (tertiary/aromatic N) is 1. The predicted molar refractivity (Wildman–Crippen MR) is 73.4 cm³/mol. The van der Waals surface area contributed by atoms with Crippen molar-refractivity contribution in [2.24, 2.45) is 0 Å². The number of hydrogen-bond acceptors (Lipinski definition) is 4. The number of hydrogen-bond donors (Lipinski definition) is 3. The molecule has 1 aliphatic rings. The van der Waals surface area contributed by atoms with Crippen LogP contribution in [0.2, 0.25) is 0 Å². The Bertz CT molecular complexity index is 458. The lowest BCUT2D eigenvalue weighted by Crippen LogP contribution is -2.46. The minimum absolute atomic E-state index is 0.602. The van der Waals surface area contributed by atoms with Gasteiger partial charge in [0, 0.05) is 24.9 Å². The molecule has 102 valence electrons. The first-order valence-electron chi connectivity index (χ1n) is 5.40. The third-order valence-electron chi connectivity index (χ3n) is 2.46. The molecule has 0 aliphatic carbocycles. The van der Waals surface area contributed by atoms with Crippen LogP contribution < -0.4 is 0 Å². The van der Waals surface area contributed by atoms with Crippen LogP contribution in [0.5, 0.6) is 0 Å². The highest BCUT2D eigenvalue weighted by molar-refractivity contribution is 7.81. The summed E-state index contributed by atoms with van der Waals surface area (Å²) in [6, 6.07) is 8.77. The van der Waals surface area contributed by atoms with Crippen molar-refractivity contribution < 1.29 is 17.5 Å². The summed E-state index contributed by atoms with van der Waals surface area (Å²) in [6.45, 7) is 5.47. The standard InChI is InChI=1S/C11H15NS.H2O4S/c1-9-2-4-10(5-3-9)6-12-7-11(13)8-12;1-5(2,3)4/h2-5,11,13H,6-8H2,1H3;(H2,1,2,3,4). The summed E-state index contributed by atoms with van der Waals surface area (Å²) in [5, 5.41) is 0.602. The van der Waals surface area contributed by atoms with Gasteiger partial charge in [0.25, 0.3) is 0 Å². The van der Waals surface area contributed by atoms with Crippen LogP contribution in [0.15, 0.2) is 24.3 Å². The van der Waals surface area contributed by atoms with Gasteiger partial charge < -0.3 is 0 Å². The van der Waals surface area contributed by atoms with Gasteiger partial charge in [-0.15, -0.1) is 0 Å². The van der Waals surface area contributed by atoms with E-state index in [9.17, 15) is 0 Å². The van der Waals surface area contributed by atoms with Crippen LogP contribution >= 0.6 is 12.6 Å². The first-order chi connectivity index (χ1) is 8.24. The third-order valence-corrected chi connectivity index (χ3v) is 2.79. The van der Waals surface area contributed by atoms with Crippen LogP contribution in [0.25, 0.3) is 0 Å². The third kappa shape index (κ3) is 6.97. The van der Waals surface area contributed by atoms with E-state index in [-0.39, 0.29) is 0 Å². The molecule has 18 heavy (non-hydrogen) atoms. The molecular weight excluding hydrogens is 274 g/mol. The largest absolute Gasteiger partial charge is 0.394 e. The second-order valence-electron chi connectivity index (χ2n) is 4.28. The lowest BCUT2D eigenvalue weighted by molar-refractivity contribution is 0.182. The first-order valence-corrected chi connectivity index (χ1v) is 7.31. The number of likely N-dealkylation sites (tertiary alicyclic amines) is 1. The molecule has 1 saturated heterocycles. The molecule has 1 aromatic carbocycles. The second kappa shape index (κ2) is 6.53. The molecule has 0 radical (unpaired) electrons. The summed E-state index contributed by atoms with van der Waals surface area (Å²) in [5.41, 5.74) is 2.74. The van der Waals surface area contributed by atoms with Gasteiger partial charge in [0.2, 0.25) is 0 Å². The summed E-state index contributed by atoms with van der Waals surface area (Å²) < 4.78 is 31.6. The zero-order chi connectivity index (χ0) is 13.8. The molecule has 7 heteroatoms. The zero-order valence-corrected chi connectivity index (χ0v) is 11.7. The molecule has 2 rings (SSSR count). The molecule has 1 aliphatic heterocycles. The highest BCUT2D eigenvalue weighted by Gasteiger charge is 2.22. The maximum absolute atomic E-state index is 8.74. The van der Waals surface area contributed by atoms with E-state index in [0.29, 0.717) is 5.25 Å². The van der Waals surface area contributed by atoms with Gasteiger partial charge in [0.05, 0.1) is 0 Å². The molecule has 0 amide bonds. The number of rotatable bonds is 2. The fraction of sp³-hybridized carbons (Fsp3) is 0.455. The van der Waals surface area contributed by atoms with Crippen molar-refractivity contribution in [2.45, 2.75) is 18.7 Å². The Morgan fingerprint density at radius 3 is 2.11 bits per heavy atom. The molecule has 0 spiro atoms. The van der Waals surface area contributed by atoms with Crippen molar-refractivity contribution in [3.8, 4) is 0 Å². The second-order valence-corrected chi connectivity index (χ2v) is 5.91. The maximum Gasteiger partial charge on any atom is 0.394 e. The fourth-order valence-corrected chi connectivity index (χ4v) is 2.09. The molecule has 1 aromatic rings. The summed E-state index contributed by atoms with van der Waals surface area (Å²) >= 11 is 4.39. The average Bonchev–Trinajstić information content (AvgIpc) is 2.16. The van der Waals surface area contributed by atoms with Crippen molar-refractivity contribution in [2.75, 3.05) is 13.1 Å². The van der Waals surface area contributed by atoms with Gasteiger partial charge in [0.1, 0.15) is 0 Å². The summed E-state index contributed by atoms with van der Waals surface area (Å²) in [4.78, 5) is 2.42. The topological polar surface area (TPSA) is 77.8 Å². The number of aryl methyl sites for hydroxylation is 1. The van der Waals surface area contributed by atoms with Crippen molar-refractivity contribution in [3.05, 3.63) is 35.4 Å². The van der Waals surface area contributed by atoms with E-state index in [1.165, 1.54) is 11.1 Å². The molecule has 0 atom stereocenters. The Balaban J connectivity index is 0.000000280. The van der Waals surface area contributed by atoms with E-state index < -0.39 is 10.4 Å². The van der Waals surface area contributed by atoms with Crippen LogP contribution in [0.3, 0.4) is 0 Å². The van der Waals surface area contributed by atoms with Gasteiger partial charge in [0.15, 0.2) is 0 Å². The highest BCUT2D eigenvalue weighted by Crippen LogP contribution is 2.16. The van der Waals surface area contributed by atoms with Crippen molar-refractivity contribution in [1.29, 1.82) is 0 Å². The van der Waals surface area contributed by atoms with Crippen LogP contribution in [0.4, 0.5) is 0 Å². The first kappa shape index (κ1) is 15.5. The minimum Gasteiger partial charge on any atom is -0.297 e. The van der Waals surface area contributed by atoms with Crippen molar-refractivity contribution >= 4 is 23.0 Å². The quantitative estimate of drug-likeness (QED) is 0.568. The zero-order valence-electron chi connectivity index (χ0n) is 10.0. The van der Waals surface area contributed by atoms with Gasteiger partial charge in [-0.2, -0.15) is 21.0 Å². The van der Waals surface area contributed by atoms with E-state index in [4.69, 9.17) is 17.5 Å². The van der Waals surface area contributed by atoms with E-state index in [1.807, 2.05) is 0 Å². The summed E-state index contributed by atoms with van der Waals surface area (Å²) in [6.07, 6.45) is 0. The van der Waals surface area contributed by atoms with E-state index in [0.717, 1.165) is 19.6 Å². The molecule has 5 nitrogen and oxygen atoms in total. The average molecular weight is 291 g/mol. The Kier molecular flexibility index (Phi) is 5.61. The van der Waals surface area contributed by atoms with Crippen LogP contribution in [-0.2, 0) is 16.9 Å². The number of thiol groups is 1. The molecule has 0 bridgehead atoms. The Labute approximate surface area is 113 Å². The molecule has 0 unspecified atom stereocenters. The van der Waals surface area contributed by atoms with Crippen LogP contribution in [0, 0.1) is 6.92 Å². The van der Waals surface area contributed by atoms with E-state index in [2.05, 4.69) is 48.7 Å². The van der Waals surface area contributed by atoms with Gasteiger partial charge in [-0.25, -0.2) is 0 Å². The van der Waals surface area contributed by atoms with Crippen molar-refractivity contribution in [3.63, 3.8) is 0 Å². The minimum atomic E-state index is -4.67. The molecular formula is C11H17NO4S2. The van der Waals surface area contributed by atoms with Gasteiger partial charge in [-0.05, 0) is 12.5 Å². The molecule has 1 fully saturated rings. The van der Waals surface area contributed by atoms with Gasteiger partial charge in [-0.1, -0.05) is 29.8 Å². The van der Waals surface area contributed by atoms with Gasteiger partial charge in [-0.3, -0.25) is 14.0 Å². The molecule has 0 aromatic heterocycles. The molecule has 0 saturated carbocycles. The summed E-state index contributed by atoms with van der Waals surface area (Å²) in [5.74, 6) is 0. The SMILES string of the molecule is Cc1ccc(CN2CC(S)C2)cc1.O=S(=O)(O)O. The molecule has 2 N–H and O–H groups in total. The normalized spacial score (nSPS) is 16.7. The maximum atomic E-state index is 8.74. The number of benzene rings is 1. The Hall–Kier alpha value is -0.600.